The van der Waals surface area contributed by atoms with Crippen LogP contribution in [0.2, 0.25) is 0 Å². The van der Waals surface area contributed by atoms with Gasteiger partial charge in [-0.1, -0.05) is 25.8 Å². The van der Waals surface area contributed by atoms with E-state index >= 15 is 0 Å². The van der Waals surface area contributed by atoms with Gasteiger partial charge in [-0.2, -0.15) is 0 Å². The van der Waals surface area contributed by atoms with Gasteiger partial charge in [0, 0.05) is 18.0 Å². The molecule has 1 fully saturated rings. The lowest BCUT2D eigenvalue weighted by molar-refractivity contribution is 0.331. The minimum absolute atomic E-state index is 0.384. The maximum atomic E-state index is 5.43. The number of ether oxygens (including phenoxy) is 1. The molecule has 0 bridgehead atoms. The van der Waals surface area contributed by atoms with Crippen LogP contribution in [0.15, 0.2) is 18.2 Å². The van der Waals surface area contributed by atoms with Crippen molar-refractivity contribution in [3.63, 3.8) is 0 Å². The molecule has 1 aromatic rings. The van der Waals surface area contributed by atoms with Crippen molar-refractivity contribution in [1.29, 1.82) is 0 Å². The maximum Gasteiger partial charge on any atom is 0.119 e. The second-order valence-corrected chi connectivity index (χ2v) is 5.78. The highest BCUT2D eigenvalue weighted by molar-refractivity contribution is 5.45. The van der Waals surface area contributed by atoms with E-state index in [0.29, 0.717) is 11.5 Å². The Labute approximate surface area is 110 Å². The standard InChI is InChI=1S/C16H23NO/c1-3-15-13-7-6-12(18-2)10-14(13)16(11-17-15)8-4-5-9-16/h6-7,10,15,17H,3-5,8-9,11H2,1-2H3. The van der Waals surface area contributed by atoms with E-state index in [1.54, 1.807) is 12.7 Å². The van der Waals surface area contributed by atoms with Gasteiger partial charge in [-0.05, 0) is 42.5 Å². The van der Waals surface area contributed by atoms with Gasteiger partial charge in [-0.15, -0.1) is 0 Å². The van der Waals surface area contributed by atoms with Gasteiger partial charge >= 0.3 is 0 Å². The zero-order valence-electron chi connectivity index (χ0n) is 11.5. The molecule has 1 aromatic carbocycles. The van der Waals surface area contributed by atoms with Gasteiger partial charge in [-0.3, -0.25) is 0 Å². The van der Waals surface area contributed by atoms with Gasteiger partial charge in [-0.25, -0.2) is 0 Å². The monoisotopic (exact) mass is 245 g/mol. The summed E-state index contributed by atoms with van der Waals surface area (Å²) in [6.07, 6.45) is 6.56. The normalized spacial score (nSPS) is 25.1. The zero-order chi connectivity index (χ0) is 12.6. The maximum absolute atomic E-state index is 5.43. The highest BCUT2D eigenvalue weighted by Gasteiger charge is 2.41. The molecule has 1 spiro atoms. The molecule has 0 saturated heterocycles. The number of rotatable bonds is 2. The van der Waals surface area contributed by atoms with E-state index in [1.807, 2.05) is 0 Å². The van der Waals surface area contributed by atoms with Crippen LogP contribution in [-0.4, -0.2) is 13.7 Å². The third-order valence-corrected chi connectivity index (χ3v) is 4.86. The number of methoxy groups -OCH3 is 1. The van der Waals surface area contributed by atoms with Crippen molar-refractivity contribution in [2.45, 2.75) is 50.5 Å². The van der Waals surface area contributed by atoms with Crippen molar-refractivity contribution in [2.24, 2.45) is 0 Å². The van der Waals surface area contributed by atoms with Crippen LogP contribution in [0.25, 0.3) is 0 Å². The molecule has 0 aromatic heterocycles. The third-order valence-electron chi connectivity index (χ3n) is 4.86. The van der Waals surface area contributed by atoms with E-state index in [0.717, 1.165) is 18.7 Å². The van der Waals surface area contributed by atoms with Crippen LogP contribution in [0.3, 0.4) is 0 Å². The van der Waals surface area contributed by atoms with E-state index in [9.17, 15) is 0 Å². The van der Waals surface area contributed by atoms with Crippen molar-refractivity contribution >= 4 is 0 Å². The molecule has 3 rings (SSSR count). The molecule has 2 aliphatic rings. The Kier molecular flexibility index (Phi) is 3.06. The van der Waals surface area contributed by atoms with Gasteiger partial charge < -0.3 is 10.1 Å². The SMILES string of the molecule is CCC1NCC2(CCCC2)c2cc(OC)ccc21. The molecule has 0 amide bonds. The Balaban J connectivity index is 2.09. The lowest BCUT2D eigenvalue weighted by atomic mass is 9.72. The van der Waals surface area contributed by atoms with Crippen molar-refractivity contribution in [1.82, 2.24) is 5.32 Å². The van der Waals surface area contributed by atoms with Crippen molar-refractivity contribution < 1.29 is 4.74 Å². The van der Waals surface area contributed by atoms with Crippen molar-refractivity contribution in [2.75, 3.05) is 13.7 Å². The van der Waals surface area contributed by atoms with Crippen LogP contribution < -0.4 is 10.1 Å². The second-order valence-electron chi connectivity index (χ2n) is 5.78. The molecule has 1 saturated carbocycles. The van der Waals surface area contributed by atoms with Crippen molar-refractivity contribution in [3.8, 4) is 5.75 Å². The smallest absolute Gasteiger partial charge is 0.119 e. The summed E-state index contributed by atoms with van der Waals surface area (Å²) in [5.74, 6) is 1.01. The van der Waals surface area contributed by atoms with Crippen LogP contribution in [0.5, 0.6) is 5.75 Å². The van der Waals surface area contributed by atoms with Crippen LogP contribution in [0.4, 0.5) is 0 Å². The zero-order valence-corrected chi connectivity index (χ0v) is 11.5. The Morgan fingerprint density at radius 2 is 2.11 bits per heavy atom. The number of hydrogen-bond acceptors (Lipinski definition) is 2. The fourth-order valence-electron chi connectivity index (χ4n) is 3.81. The summed E-state index contributed by atoms with van der Waals surface area (Å²) in [5, 5.41) is 3.75. The van der Waals surface area contributed by atoms with Crippen LogP contribution >= 0.6 is 0 Å². The van der Waals surface area contributed by atoms with Gasteiger partial charge in [0.25, 0.3) is 0 Å². The first-order valence-electron chi connectivity index (χ1n) is 7.21. The molecule has 1 atom stereocenters. The summed E-state index contributed by atoms with van der Waals surface area (Å²) in [5.41, 5.74) is 3.45. The Hall–Kier alpha value is -1.02. The first-order valence-corrected chi connectivity index (χ1v) is 7.21. The average molecular weight is 245 g/mol. The molecule has 1 heterocycles. The first-order chi connectivity index (χ1) is 8.79. The molecule has 1 aliphatic carbocycles. The minimum Gasteiger partial charge on any atom is -0.497 e. The van der Waals surface area contributed by atoms with Gasteiger partial charge in [0.1, 0.15) is 5.75 Å². The van der Waals surface area contributed by atoms with Gasteiger partial charge in [0.2, 0.25) is 0 Å². The summed E-state index contributed by atoms with van der Waals surface area (Å²) in [6.45, 7) is 3.41. The van der Waals surface area contributed by atoms with Gasteiger partial charge in [0.15, 0.2) is 0 Å². The number of hydrogen-bond donors (Lipinski definition) is 1. The number of nitrogens with one attached hydrogen (secondary N) is 1. The Bertz CT molecular complexity index is 435. The van der Waals surface area contributed by atoms with E-state index in [4.69, 9.17) is 4.74 Å². The highest BCUT2D eigenvalue weighted by Crippen LogP contribution is 2.47. The minimum atomic E-state index is 0.384. The van der Waals surface area contributed by atoms with E-state index in [2.05, 4.69) is 30.4 Å². The van der Waals surface area contributed by atoms with E-state index < -0.39 is 0 Å². The van der Waals surface area contributed by atoms with Crippen LogP contribution in [0, 0.1) is 0 Å². The topological polar surface area (TPSA) is 21.3 Å². The molecule has 1 unspecified atom stereocenters. The van der Waals surface area contributed by atoms with E-state index in [-0.39, 0.29) is 0 Å². The molecule has 98 valence electrons. The number of fused-ring (bicyclic) bond motifs is 2. The molecular weight excluding hydrogens is 222 g/mol. The quantitative estimate of drug-likeness (QED) is 0.860. The highest BCUT2D eigenvalue weighted by atomic mass is 16.5. The molecule has 2 nitrogen and oxygen atoms in total. The molecule has 18 heavy (non-hydrogen) atoms. The molecule has 2 heteroatoms. The second kappa shape index (κ2) is 4.58. The largest absolute Gasteiger partial charge is 0.497 e. The van der Waals surface area contributed by atoms with Gasteiger partial charge in [0.05, 0.1) is 7.11 Å². The fourth-order valence-corrected chi connectivity index (χ4v) is 3.81. The summed E-state index contributed by atoms with van der Waals surface area (Å²) >= 11 is 0. The van der Waals surface area contributed by atoms with Crippen LogP contribution in [-0.2, 0) is 5.41 Å². The fraction of sp³-hybridized carbons (Fsp3) is 0.625. The first kappa shape index (κ1) is 12.0. The predicted molar refractivity (Wildman–Crippen MR) is 74.2 cm³/mol. The Morgan fingerprint density at radius 3 is 2.78 bits per heavy atom. The van der Waals surface area contributed by atoms with E-state index in [1.165, 1.54) is 31.2 Å². The summed E-state index contributed by atoms with van der Waals surface area (Å²) in [4.78, 5) is 0. The molecule has 0 radical (unpaired) electrons. The molecule has 1 N–H and O–H groups in total. The summed E-state index contributed by atoms with van der Waals surface area (Å²) in [6, 6.07) is 7.20. The Morgan fingerprint density at radius 1 is 1.33 bits per heavy atom. The lowest BCUT2D eigenvalue weighted by Gasteiger charge is -2.40. The molecular formula is C16H23NO. The third kappa shape index (κ3) is 1.74. The van der Waals surface area contributed by atoms with Crippen LogP contribution in [0.1, 0.15) is 56.2 Å². The van der Waals surface area contributed by atoms with Crippen molar-refractivity contribution in [3.05, 3.63) is 29.3 Å². The average Bonchev–Trinajstić information content (AvgIpc) is 2.89. The summed E-state index contributed by atoms with van der Waals surface area (Å²) in [7, 11) is 1.77. The summed E-state index contributed by atoms with van der Waals surface area (Å²) < 4.78 is 5.43. The number of benzene rings is 1. The molecule has 1 aliphatic heterocycles. The predicted octanol–water partition coefficient (Wildman–Crippen LogP) is 3.56. The lowest BCUT2D eigenvalue weighted by Crippen LogP contribution is -2.43.